The van der Waals surface area contributed by atoms with Crippen molar-refractivity contribution in [2.45, 2.75) is 25.3 Å². The summed E-state index contributed by atoms with van der Waals surface area (Å²) in [4.78, 5) is 8.59. The number of hydrogen-bond acceptors (Lipinski definition) is 3. The lowest BCUT2D eigenvalue weighted by molar-refractivity contribution is 0.455. The van der Waals surface area contributed by atoms with Crippen molar-refractivity contribution in [3.8, 4) is 11.3 Å². The van der Waals surface area contributed by atoms with Crippen molar-refractivity contribution in [1.29, 1.82) is 0 Å². The summed E-state index contributed by atoms with van der Waals surface area (Å²) in [7, 11) is 0. The lowest BCUT2D eigenvalue weighted by Crippen LogP contribution is -2.06. The van der Waals surface area contributed by atoms with Gasteiger partial charge < -0.3 is 10.3 Å². The molecular formula is C16H18N4. The number of hydrogen-bond donors (Lipinski definition) is 1. The third-order valence-corrected chi connectivity index (χ3v) is 5.80. The molecule has 5 rings (SSSR count). The molecule has 4 heteroatoms. The summed E-state index contributed by atoms with van der Waals surface area (Å²) in [6, 6.07) is 4.65. The van der Waals surface area contributed by atoms with Crippen LogP contribution in [0, 0.1) is 23.7 Å². The molecular weight excluding hydrogens is 248 g/mol. The van der Waals surface area contributed by atoms with Gasteiger partial charge in [-0.2, -0.15) is 0 Å². The van der Waals surface area contributed by atoms with E-state index >= 15 is 0 Å². The zero-order valence-corrected chi connectivity index (χ0v) is 11.3. The van der Waals surface area contributed by atoms with E-state index in [9.17, 15) is 0 Å². The minimum atomic E-state index is 0.600. The van der Waals surface area contributed by atoms with Gasteiger partial charge in [0, 0.05) is 17.8 Å². The van der Waals surface area contributed by atoms with Crippen molar-refractivity contribution < 1.29 is 0 Å². The summed E-state index contributed by atoms with van der Waals surface area (Å²) >= 11 is 0. The topological polar surface area (TPSA) is 56.7 Å². The Morgan fingerprint density at radius 2 is 2.00 bits per heavy atom. The monoisotopic (exact) mass is 266 g/mol. The van der Waals surface area contributed by atoms with Gasteiger partial charge in [0.1, 0.15) is 5.82 Å². The predicted molar refractivity (Wildman–Crippen MR) is 76.7 cm³/mol. The number of nitrogens with zero attached hydrogens (tertiary/aromatic N) is 3. The van der Waals surface area contributed by atoms with Crippen LogP contribution in [0.15, 0.2) is 30.9 Å². The highest BCUT2D eigenvalue weighted by Gasteiger charge is 2.65. The molecule has 2 bridgehead atoms. The molecule has 0 amide bonds. The van der Waals surface area contributed by atoms with Crippen LogP contribution in [0.25, 0.3) is 11.3 Å². The van der Waals surface area contributed by atoms with Crippen LogP contribution >= 0.6 is 0 Å². The lowest BCUT2D eigenvalue weighted by Gasteiger charge is -2.13. The summed E-state index contributed by atoms with van der Waals surface area (Å²) in [6.07, 6.45) is 10.0. The van der Waals surface area contributed by atoms with Gasteiger partial charge in [-0.05, 0) is 55.1 Å². The molecule has 2 N–H and O–H groups in total. The molecule has 0 radical (unpaired) electrons. The first-order valence-corrected chi connectivity index (χ1v) is 7.57. The molecule has 3 aliphatic rings. The van der Waals surface area contributed by atoms with E-state index in [0.717, 1.165) is 34.9 Å². The highest BCUT2D eigenvalue weighted by atomic mass is 15.1. The Morgan fingerprint density at radius 1 is 1.20 bits per heavy atom. The van der Waals surface area contributed by atoms with Gasteiger partial charge in [0.15, 0.2) is 0 Å². The molecule has 3 saturated carbocycles. The van der Waals surface area contributed by atoms with Gasteiger partial charge in [-0.1, -0.05) is 0 Å². The van der Waals surface area contributed by atoms with Crippen molar-refractivity contribution in [2.75, 3.05) is 5.73 Å². The molecule has 2 aromatic rings. The Labute approximate surface area is 118 Å². The first-order valence-electron chi connectivity index (χ1n) is 7.57. The fourth-order valence-corrected chi connectivity index (χ4v) is 5.04. The van der Waals surface area contributed by atoms with E-state index in [0.29, 0.717) is 11.9 Å². The molecule has 4 nitrogen and oxygen atoms in total. The molecule has 0 aromatic carbocycles. The van der Waals surface area contributed by atoms with E-state index in [2.05, 4.69) is 14.5 Å². The second-order valence-electron chi connectivity index (χ2n) is 6.60. The second-order valence-corrected chi connectivity index (χ2v) is 6.60. The molecule has 0 saturated heterocycles. The van der Waals surface area contributed by atoms with Crippen molar-refractivity contribution in [3.63, 3.8) is 0 Å². The van der Waals surface area contributed by atoms with Gasteiger partial charge in [0.2, 0.25) is 0 Å². The van der Waals surface area contributed by atoms with E-state index in [1.807, 2.05) is 24.7 Å². The summed E-state index contributed by atoms with van der Waals surface area (Å²) in [5.41, 5.74) is 8.18. The third-order valence-electron chi connectivity index (χ3n) is 5.80. The third kappa shape index (κ3) is 1.27. The van der Waals surface area contributed by atoms with Crippen molar-refractivity contribution in [2.24, 2.45) is 23.7 Å². The number of rotatable bonds is 2. The summed E-state index contributed by atoms with van der Waals surface area (Å²) in [5.74, 6) is 4.34. The number of fused-ring (bicyclic) bond motifs is 5. The minimum Gasteiger partial charge on any atom is -0.383 e. The Morgan fingerprint density at radius 3 is 2.75 bits per heavy atom. The van der Waals surface area contributed by atoms with Crippen LogP contribution < -0.4 is 5.73 Å². The van der Waals surface area contributed by atoms with Crippen LogP contribution in [0.2, 0.25) is 0 Å². The summed E-state index contributed by atoms with van der Waals surface area (Å²) < 4.78 is 2.37. The largest absolute Gasteiger partial charge is 0.383 e. The van der Waals surface area contributed by atoms with Crippen LogP contribution in [-0.4, -0.2) is 14.5 Å². The minimum absolute atomic E-state index is 0.600. The fourth-order valence-electron chi connectivity index (χ4n) is 5.04. The van der Waals surface area contributed by atoms with Crippen LogP contribution in [0.4, 0.5) is 5.82 Å². The van der Waals surface area contributed by atoms with Crippen molar-refractivity contribution in [1.82, 2.24) is 14.5 Å². The van der Waals surface area contributed by atoms with E-state index in [1.54, 1.807) is 6.20 Å². The quantitative estimate of drug-likeness (QED) is 0.909. The average molecular weight is 266 g/mol. The molecule has 2 aromatic heterocycles. The Balaban J connectivity index is 1.56. The number of aromatic nitrogens is 3. The molecule has 3 fully saturated rings. The Kier molecular flexibility index (Phi) is 1.97. The highest BCUT2D eigenvalue weighted by Crippen LogP contribution is 2.71. The molecule has 4 atom stereocenters. The number of imidazole rings is 1. The molecule has 102 valence electrons. The maximum Gasteiger partial charge on any atom is 0.132 e. The van der Waals surface area contributed by atoms with Crippen molar-refractivity contribution in [3.05, 3.63) is 30.9 Å². The normalized spacial score (nSPS) is 37.1. The molecule has 0 spiro atoms. The maximum atomic E-state index is 6.03. The van der Waals surface area contributed by atoms with Crippen LogP contribution in [-0.2, 0) is 0 Å². The highest BCUT2D eigenvalue weighted by molar-refractivity contribution is 5.70. The second kappa shape index (κ2) is 3.62. The van der Waals surface area contributed by atoms with Crippen molar-refractivity contribution >= 4 is 5.82 Å². The summed E-state index contributed by atoms with van der Waals surface area (Å²) in [6.45, 7) is 0. The van der Waals surface area contributed by atoms with Gasteiger partial charge in [0.05, 0.1) is 18.2 Å². The first-order chi connectivity index (χ1) is 9.84. The first kappa shape index (κ1) is 10.9. The van der Waals surface area contributed by atoms with E-state index in [1.165, 1.54) is 19.3 Å². The number of nitrogen functional groups attached to an aromatic ring is 1. The van der Waals surface area contributed by atoms with Gasteiger partial charge in [-0.25, -0.2) is 9.97 Å². The number of anilines is 1. The smallest absolute Gasteiger partial charge is 0.132 e. The van der Waals surface area contributed by atoms with Crippen LogP contribution in [0.5, 0.6) is 0 Å². The zero-order chi connectivity index (χ0) is 13.3. The SMILES string of the molecule is Nc1ncccc1-c1cncn1C1C2C3CCC(C3)C21. The number of nitrogens with two attached hydrogens (primary N) is 1. The van der Waals surface area contributed by atoms with Gasteiger partial charge in [-0.3, -0.25) is 0 Å². The van der Waals surface area contributed by atoms with E-state index in [-0.39, 0.29) is 0 Å². The molecule has 20 heavy (non-hydrogen) atoms. The Bertz CT molecular complexity index is 661. The molecule has 0 aliphatic heterocycles. The number of pyridine rings is 1. The lowest BCUT2D eigenvalue weighted by atomic mass is 10.0. The molecule has 2 heterocycles. The van der Waals surface area contributed by atoms with Crippen LogP contribution in [0.1, 0.15) is 25.3 Å². The predicted octanol–water partition coefficient (Wildman–Crippen LogP) is 2.74. The Hall–Kier alpha value is -1.84. The van der Waals surface area contributed by atoms with E-state index < -0.39 is 0 Å². The average Bonchev–Trinajstić information content (AvgIpc) is 2.89. The van der Waals surface area contributed by atoms with E-state index in [4.69, 9.17) is 5.73 Å². The summed E-state index contributed by atoms with van der Waals surface area (Å²) in [5, 5.41) is 0. The molecule has 4 unspecified atom stereocenters. The maximum absolute atomic E-state index is 6.03. The van der Waals surface area contributed by atoms with Crippen LogP contribution in [0.3, 0.4) is 0 Å². The molecule has 3 aliphatic carbocycles. The van der Waals surface area contributed by atoms with Gasteiger partial charge >= 0.3 is 0 Å². The fraction of sp³-hybridized carbons (Fsp3) is 0.500. The van der Waals surface area contributed by atoms with Gasteiger partial charge in [-0.15, -0.1) is 0 Å². The van der Waals surface area contributed by atoms with Gasteiger partial charge in [0.25, 0.3) is 0 Å². The zero-order valence-electron chi connectivity index (χ0n) is 11.3. The standard InChI is InChI=1S/C16H18N4/c17-16-11(2-1-5-19-16)12-7-18-8-20(12)15-13-9-3-4-10(6-9)14(13)15/h1-2,5,7-10,13-15H,3-4,6H2,(H2,17,19).